The van der Waals surface area contributed by atoms with Crippen molar-refractivity contribution < 1.29 is 4.84 Å². The van der Waals surface area contributed by atoms with E-state index < -0.39 is 0 Å². The molecule has 0 bridgehead atoms. The molecule has 2 aliphatic carbocycles. The lowest BCUT2D eigenvalue weighted by Crippen LogP contribution is -2.80. The Bertz CT molecular complexity index is 328. The summed E-state index contributed by atoms with van der Waals surface area (Å²) in [5, 5.41) is 4.15. The maximum atomic E-state index is 6.33. The van der Waals surface area contributed by atoms with E-state index in [2.05, 4.69) is 23.9 Å². The smallest absolute Gasteiger partial charge is 0.106 e. The van der Waals surface area contributed by atoms with Crippen molar-refractivity contribution in [3.8, 4) is 0 Å². The molecular weight excluding hydrogens is 190 g/mol. The van der Waals surface area contributed by atoms with Crippen molar-refractivity contribution in [1.82, 2.24) is 4.90 Å². The first-order chi connectivity index (χ1) is 7.09. The fraction of sp³-hybridized carbons (Fsp3) is 0.909. The molecule has 1 aliphatic heterocycles. The van der Waals surface area contributed by atoms with Crippen LogP contribution in [0, 0.1) is 11.8 Å². The van der Waals surface area contributed by atoms with Gasteiger partial charge in [0.2, 0.25) is 0 Å². The monoisotopic (exact) mass is 209 g/mol. The number of hydrogen-bond acceptors (Lipinski definition) is 4. The summed E-state index contributed by atoms with van der Waals surface area (Å²) < 4.78 is 0. The Kier molecular flexibility index (Phi) is 1.75. The molecule has 3 fully saturated rings. The summed E-state index contributed by atoms with van der Waals surface area (Å²) in [5.74, 6) is 1.45. The second kappa shape index (κ2) is 2.74. The minimum absolute atomic E-state index is 0.116. The average Bonchev–Trinajstić information content (AvgIpc) is 2.38. The lowest BCUT2D eigenvalue weighted by atomic mass is 9.46. The van der Waals surface area contributed by atoms with Crippen molar-refractivity contribution in [2.45, 2.75) is 37.9 Å². The minimum atomic E-state index is -0.116. The molecule has 2 saturated carbocycles. The number of nitrogens with zero attached hydrogens (tertiary/aromatic N) is 2. The van der Waals surface area contributed by atoms with Crippen LogP contribution in [0.15, 0.2) is 5.16 Å². The molecule has 0 aromatic heterocycles. The van der Waals surface area contributed by atoms with Gasteiger partial charge in [-0.1, -0.05) is 5.16 Å². The van der Waals surface area contributed by atoms with Crippen LogP contribution < -0.4 is 5.73 Å². The number of oxime groups is 1. The maximum absolute atomic E-state index is 6.33. The lowest BCUT2D eigenvalue weighted by molar-refractivity contribution is 0.0602. The summed E-state index contributed by atoms with van der Waals surface area (Å²) in [5.41, 5.74) is 7.29. The van der Waals surface area contributed by atoms with E-state index in [1.54, 1.807) is 7.11 Å². The second-order valence-corrected chi connectivity index (χ2v) is 5.42. The Hall–Kier alpha value is -0.610. The van der Waals surface area contributed by atoms with Crippen LogP contribution in [0.2, 0.25) is 0 Å². The molecule has 0 radical (unpaired) electrons. The van der Waals surface area contributed by atoms with Crippen molar-refractivity contribution in [1.29, 1.82) is 0 Å². The minimum Gasteiger partial charge on any atom is -0.399 e. The van der Waals surface area contributed by atoms with Crippen molar-refractivity contribution in [2.75, 3.05) is 13.7 Å². The molecule has 84 valence electrons. The standard InChI is InChI=1S/C11H19N3O/c1-6(2)14-5-7-4-11(12)8(7)9(14)10(11)13-15-3/h6-9H,4-5,12H2,1-3H3/b13-10-. The predicted molar refractivity (Wildman–Crippen MR) is 58.6 cm³/mol. The molecule has 15 heavy (non-hydrogen) atoms. The first kappa shape index (κ1) is 9.60. The molecule has 3 aliphatic rings. The molecule has 3 rings (SSSR count). The number of nitrogens with two attached hydrogens (primary N) is 1. The van der Waals surface area contributed by atoms with Gasteiger partial charge >= 0.3 is 0 Å². The zero-order valence-electron chi connectivity index (χ0n) is 9.60. The van der Waals surface area contributed by atoms with Crippen LogP contribution in [0.1, 0.15) is 20.3 Å². The molecule has 0 amide bonds. The van der Waals surface area contributed by atoms with Crippen LogP contribution >= 0.6 is 0 Å². The van der Waals surface area contributed by atoms with E-state index in [0.29, 0.717) is 18.0 Å². The van der Waals surface area contributed by atoms with Gasteiger partial charge in [0, 0.05) is 18.5 Å². The van der Waals surface area contributed by atoms with Crippen LogP contribution in [0.4, 0.5) is 0 Å². The Morgan fingerprint density at radius 3 is 2.93 bits per heavy atom. The quantitative estimate of drug-likeness (QED) is 0.671. The number of likely N-dealkylation sites (tertiary alicyclic amines) is 1. The van der Waals surface area contributed by atoms with Crippen LogP contribution in [0.5, 0.6) is 0 Å². The van der Waals surface area contributed by atoms with Crippen LogP contribution in [0.25, 0.3) is 0 Å². The highest BCUT2D eigenvalue weighted by molar-refractivity contribution is 6.06. The number of hydrogen-bond donors (Lipinski definition) is 1. The third-order valence-electron chi connectivity index (χ3n) is 4.46. The third-order valence-corrected chi connectivity index (χ3v) is 4.46. The van der Waals surface area contributed by atoms with Crippen molar-refractivity contribution in [3.63, 3.8) is 0 Å². The zero-order valence-corrected chi connectivity index (χ0v) is 9.60. The number of rotatable bonds is 2. The average molecular weight is 209 g/mol. The van der Waals surface area contributed by atoms with Crippen molar-refractivity contribution >= 4 is 5.71 Å². The van der Waals surface area contributed by atoms with E-state index in [0.717, 1.165) is 18.1 Å². The summed E-state index contributed by atoms with van der Waals surface area (Å²) in [7, 11) is 1.61. The van der Waals surface area contributed by atoms with Gasteiger partial charge in [-0.15, -0.1) is 0 Å². The molecule has 4 atom stereocenters. The van der Waals surface area contributed by atoms with Gasteiger partial charge in [0.1, 0.15) is 7.11 Å². The molecule has 4 unspecified atom stereocenters. The first-order valence-corrected chi connectivity index (χ1v) is 5.75. The first-order valence-electron chi connectivity index (χ1n) is 5.75. The van der Waals surface area contributed by atoms with E-state index >= 15 is 0 Å². The van der Waals surface area contributed by atoms with E-state index in [1.165, 1.54) is 6.54 Å². The molecule has 4 heteroatoms. The van der Waals surface area contributed by atoms with Gasteiger partial charge in [-0.05, 0) is 26.2 Å². The maximum Gasteiger partial charge on any atom is 0.106 e. The van der Waals surface area contributed by atoms with Gasteiger partial charge in [0.05, 0.1) is 17.3 Å². The molecule has 0 aromatic carbocycles. The Morgan fingerprint density at radius 1 is 1.60 bits per heavy atom. The van der Waals surface area contributed by atoms with E-state index in [1.807, 2.05) is 0 Å². The molecular formula is C11H19N3O. The summed E-state index contributed by atoms with van der Waals surface area (Å²) in [4.78, 5) is 7.44. The normalized spacial score (nSPS) is 50.2. The lowest BCUT2D eigenvalue weighted by Gasteiger charge is -2.61. The third kappa shape index (κ3) is 0.923. The molecule has 4 nitrogen and oxygen atoms in total. The highest BCUT2D eigenvalue weighted by Gasteiger charge is 2.73. The molecule has 1 heterocycles. The topological polar surface area (TPSA) is 50.8 Å². The van der Waals surface area contributed by atoms with Gasteiger partial charge in [-0.25, -0.2) is 0 Å². The van der Waals surface area contributed by atoms with E-state index in [9.17, 15) is 0 Å². The molecule has 1 saturated heterocycles. The fourth-order valence-corrected chi connectivity index (χ4v) is 3.82. The van der Waals surface area contributed by atoms with Crippen LogP contribution in [-0.4, -0.2) is 41.9 Å². The Balaban J connectivity index is 1.91. The molecule has 2 N–H and O–H groups in total. The molecule has 0 aromatic rings. The SMILES string of the molecule is CO/N=C1/C2C3C(CN2C(C)C)CC13N. The Labute approximate surface area is 90.4 Å². The zero-order chi connectivity index (χ0) is 10.8. The van der Waals surface area contributed by atoms with Gasteiger partial charge < -0.3 is 10.6 Å². The van der Waals surface area contributed by atoms with Crippen LogP contribution in [0.3, 0.4) is 0 Å². The fourth-order valence-electron chi connectivity index (χ4n) is 3.82. The van der Waals surface area contributed by atoms with E-state index in [-0.39, 0.29) is 5.54 Å². The summed E-state index contributed by atoms with van der Waals surface area (Å²) in [6.07, 6.45) is 1.10. The highest BCUT2D eigenvalue weighted by atomic mass is 16.6. The van der Waals surface area contributed by atoms with Gasteiger partial charge in [0.15, 0.2) is 0 Å². The van der Waals surface area contributed by atoms with Gasteiger partial charge in [-0.2, -0.15) is 0 Å². The van der Waals surface area contributed by atoms with Gasteiger partial charge in [-0.3, -0.25) is 4.90 Å². The summed E-state index contributed by atoms with van der Waals surface area (Å²) in [6.45, 7) is 5.67. The van der Waals surface area contributed by atoms with Crippen molar-refractivity contribution in [2.24, 2.45) is 22.7 Å². The van der Waals surface area contributed by atoms with Gasteiger partial charge in [0.25, 0.3) is 0 Å². The summed E-state index contributed by atoms with van der Waals surface area (Å²) in [6, 6.07) is 1.04. The summed E-state index contributed by atoms with van der Waals surface area (Å²) >= 11 is 0. The largest absolute Gasteiger partial charge is 0.399 e. The predicted octanol–water partition coefficient (Wildman–Crippen LogP) is 0.429. The molecule has 0 spiro atoms. The van der Waals surface area contributed by atoms with Crippen LogP contribution in [-0.2, 0) is 4.84 Å². The van der Waals surface area contributed by atoms with Crippen molar-refractivity contribution in [3.05, 3.63) is 0 Å². The highest BCUT2D eigenvalue weighted by Crippen LogP contribution is 2.60. The Morgan fingerprint density at radius 2 is 2.33 bits per heavy atom. The van der Waals surface area contributed by atoms with E-state index in [4.69, 9.17) is 10.6 Å². The second-order valence-electron chi connectivity index (χ2n) is 5.42.